The van der Waals surface area contributed by atoms with Gasteiger partial charge in [-0.05, 0) is 64.8 Å². The van der Waals surface area contributed by atoms with E-state index in [1.807, 2.05) is 0 Å². The molecular weight excluding hydrogens is 584 g/mol. The van der Waals surface area contributed by atoms with Crippen molar-refractivity contribution >= 4 is 83.1 Å². The van der Waals surface area contributed by atoms with E-state index < -0.39 is 45.3 Å². The van der Waals surface area contributed by atoms with Crippen LogP contribution in [0.3, 0.4) is 0 Å². The number of amides is 2. The summed E-state index contributed by atoms with van der Waals surface area (Å²) in [4.78, 5) is 51.4. The molecule has 28 heavy (non-hydrogen) atoms. The highest BCUT2D eigenvalue weighted by Crippen LogP contribution is 2.55. The van der Waals surface area contributed by atoms with E-state index in [4.69, 9.17) is 0 Å². The van der Waals surface area contributed by atoms with Crippen LogP contribution in [-0.4, -0.2) is 55.3 Å². The number of carbonyl (C=O) groups excluding carboxylic acids is 3. The van der Waals surface area contributed by atoms with Crippen LogP contribution in [0.4, 0.5) is 0 Å². The van der Waals surface area contributed by atoms with E-state index in [9.17, 15) is 24.3 Å². The molecule has 2 saturated heterocycles. The lowest BCUT2D eigenvalue weighted by molar-refractivity contribution is -0.170. The summed E-state index contributed by atoms with van der Waals surface area (Å²) in [5.74, 6) is -3.00. The molecule has 0 spiro atoms. The van der Waals surface area contributed by atoms with E-state index in [1.54, 1.807) is 26.0 Å². The highest BCUT2D eigenvalue weighted by Gasteiger charge is 2.74. The van der Waals surface area contributed by atoms with Crippen molar-refractivity contribution in [3.05, 3.63) is 31.1 Å². The molecule has 150 valence electrons. The molecule has 2 N–H and O–H groups in total. The maximum Gasteiger partial charge on any atom is 0.327 e. The standard InChI is InChI=1S/C17H15Br3N2O5S/c1-6(23)17(21-12(24)10-8(19)4-7(18)5-9(10)20)14(27)22-11(13(25)26)16(2,3)28-15(17)22/h4-5,11,15H,1-3H3,(H,21,24)(H,25,26)/t11-,15+,17?/m0/s1. The average molecular weight is 599 g/mol. The topological polar surface area (TPSA) is 104 Å². The number of thioether (sulfide) groups is 1. The van der Waals surface area contributed by atoms with Gasteiger partial charge >= 0.3 is 5.97 Å². The van der Waals surface area contributed by atoms with Crippen molar-refractivity contribution in [1.29, 1.82) is 0 Å². The summed E-state index contributed by atoms with van der Waals surface area (Å²) in [7, 11) is 0. The number of carboxylic acids is 1. The first-order valence-electron chi connectivity index (χ1n) is 8.06. The quantitative estimate of drug-likeness (QED) is 0.408. The Hall–Kier alpha value is -0.910. The molecule has 0 aliphatic carbocycles. The Morgan fingerprint density at radius 3 is 2.18 bits per heavy atom. The number of carboxylic acid groups (broad SMARTS) is 1. The molecule has 2 fully saturated rings. The van der Waals surface area contributed by atoms with Crippen LogP contribution in [0.1, 0.15) is 31.1 Å². The number of β-lactam (4-membered cyclic amide) rings is 1. The van der Waals surface area contributed by atoms with Crippen molar-refractivity contribution in [3.8, 4) is 0 Å². The molecule has 0 saturated carbocycles. The van der Waals surface area contributed by atoms with Crippen LogP contribution in [-0.2, 0) is 14.4 Å². The normalized spacial score (nSPS) is 27.8. The fraction of sp³-hybridized carbons (Fsp3) is 0.412. The van der Waals surface area contributed by atoms with E-state index in [0.717, 1.165) is 4.47 Å². The third-order valence-electron chi connectivity index (χ3n) is 4.88. The van der Waals surface area contributed by atoms with Crippen LogP contribution in [0.5, 0.6) is 0 Å². The Labute approximate surface area is 190 Å². The van der Waals surface area contributed by atoms with Crippen LogP contribution >= 0.6 is 59.6 Å². The van der Waals surface area contributed by atoms with Gasteiger partial charge in [0, 0.05) is 18.2 Å². The summed E-state index contributed by atoms with van der Waals surface area (Å²) >= 11 is 11.2. The van der Waals surface area contributed by atoms with Crippen molar-refractivity contribution in [2.45, 2.75) is 42.5 Å². The second kappa shape index (κ2) is 7.10. The molecule has 1 aromatic rings. The SMILES string of the molecule is CC(=O)C1(NC(=O)c2c(Br)cc(Br)cc2Br)C(=O)N2[C@@H](C(=O)O)C(C)(C)S[C@@H]21. The zero-order valence-electron chi connectivity index (χ0n) is 14.9. The lowest BCUT2D eigenvalue weighted by atomic mass is 9.81. The van der Waals surface area contributed by atoms with Gasteiger partial charge in [-0.1, -0.05) is 15.9 Å². The molecule has 11 heteroatoms. The molecule has 2 amide bonds. The minimum atomic E-state index is -1.80. The van der Waals surface area contributed by atoms with Crippen LogP contribution in [0.15, 0.2) is 25.6 Å². The first-order chi connectivity index (χ1) is 12.8. The van der Waals surface area contributed by atoms with Gasteiger partial charge in [-0.2, -0.15) is 0 Å². The molecule has 3 rings (SSSR count). The maximum absolute atomic E-state index is 13.0. The number of benzene rings is 1. The Bertz CT molecular complexity index is 914. The van der Waals surface area contributed by atoms with Crippen LogP contribution in [0, 0.1) is 0 Å². The van der Waals surface area contributed by atoms with Gasteiger partial charge in [0.25, 0.3) is 11.8 Å². The summed E-state index contributed by atoms with van der Waals surface area (Å²) in [6.07, 6.45) is 0. The zero-order chi connectivity index (χ0) is 21.2. The second-order valence-corrected chi connectivity index (χ2v) is 11.4. The van der Waals surface area contributed by atoms with Gasteiger partial charge in [0.2, 0.25) is 5.54 Å². The van der Waals surface area contributed by atoms with Crippen molar-refractivity contribution in [2.75, 3.05) is 0 Å². The average Bonchev–Trinajstić information content (AvgIpc) is 2.80. The molecular formula is C17H15Br3N2O5S. The molecule has 2 aliphatic rings. The number of aliphatic carboxylic acids is 1. The summed E-state index contributed by atoms with van der Waals surface area (Å²) in [6.45, 7) is 4.64. The smallest absolute Gasteiger partial charge is 0.327 e. The molecule has 0 aromatic heterocycles. The Kier molecular flexibility index (Phi) is 5.53. The highest BCUT2D eigenvalue weighted by atomic mass is 79.9. The van der Waals surface area contributed by atoms with Crippen molar-refractivity contribution in [1.82, 2.24) is 10.2 Å². The number of hydrogen-bond donors (Lipinski definition) is 2. The molecule has 1 aromatic carbocycles. The van der Waals surface area contributed by atoms with E-state index in [-0.39, 0.29) is 5.56 Å². The van der Waals surface area contributed by atoms with Gasteiger partial charge in [0.15, 0.2) is 5.78 Å². The Morgan fingerprint density at radius 2 is 1.71 bits per heavy atom. The number of rotatable bonds is 4. The molecule has 3 atom stereocenters. The number of ketones is 1. The zero-order valence-corrected chi connectivity index (χ0v) is 20.5. The lowest BCUT2D eigenvalue weighted by Gasteiger charge is -2.51. The summed E-state index contributed by atoms with van der Waals surface area (Å²) < 4.78 is 0.854. The maximum atomic E-state index is 13.0. The van der Waals surface area contributed by atoms with Gasteiger partial charge < -0.3 is 15.3 Å². The largest absolute Gasteiger partial charge is 0.480 e. The minimum absolute atomic E-state index is 0.229. The number of Topliss-reactive ketones (excluding diaryl/α,β-unsaturated/α-hetero) is 1. The monoisotopic (exact) mass is 596 g/mol. The predicted molar refractivity (Wildman–Crippen MR) is 114 cm³/mol. The van der Waals surface area contributed by atoms with Crippen LogP contribution in [0.2, 0.25) is 0 Å². The van der Waals surface area contributed by atoms with Crippen LogP contribution < -0.4 is 5.32 Å². The van der Waals surface area contributed by atoms with Gasteiger partial charge in [0.1, 0.15) is 11.4 Å². The summed E-state index contributed by atoms with van der Waals surface area (Å²) in [5, 5.41) is 11.4. The van der Waals surface area contributed by atoms with Gasteiger partial charge in [-0.3, -0.25) is 14.4 Å². The summed E-state index contributed by atoms with van der Waals surface area (Å²) in [6, 6.07) is 2.26. The second-order valence-electron chi connectivity index (χ2n) is 7.09. The van der Waals surface area contributed by atoms with E-state index in [0.29, 0.717) is 8.95 Å². The lowest BCUT2D eigenvalue weighted by Crippen LogP contribution is -2.82. The molecule has 7 nitrogen and oxygen atoms in total. The molecule has 1 unspecified atom stereocenters. The third kappa shape index (κ3) is 3.05. The number of hydrogen-bond acceptors (Lipinski definition) is 5. The van der Waals surface area contributed by atoms with Gasteiger partial charge in [-0.15, -0.1) is 11.8 Å². The van der Waals surface area contributed by atoms with Gasteiger partial charge in [-0.25, -0.2) is 4.79 Å². The number of halogens is 3. The minimum Gasteiger partial charge on any atom is -0.480 e. The number of carbonyl (C=O) groups is 4. The fourth-order valence-corrected chi connectivity index (χ4v) is 7.96. The Morgan fingerprint density at radius 1 is 1.18 bits per heavy atom. The summed E-state index contributed by atoms with van der Waals surface area (Å²) in [5.41, 5.74) is -1.57. The molecule has 0 radical (unpaired) electrons. The molecule has 2 heterocycles. The van der Waals surface area contributed by atoms with Crippen molar-refractivity contribution in [2.24, 2.45) is 0 Å². The van der Waals surface area contributed by atoms with Crippen molar-refractivity contribution in [3.63, 3.8) is 0 Å². The Balaban J connectivity index is 2.00. The highest BCUT2D eigenvalue weighted by molar-refractivity contribution is 9.11. The van der Waals surface area contributed by atoms with Crippen molar-refractivity contribution < 1.29 is 24.3 Å². The number of fused-ring (bicyclic) bond motifs is 1. The third-order valence-corrected chi connectivity index (χ3v) is 8.22. The van der Waals surface area contributed by atoms with E-state index >= 15 is 0 Å². The molecule has 0 bridgehead atoms. The first kappa shape index (κ1) is 21.8. The van der Waals surface area contributed by atoms with Crippen LogP contribution in [0.25, 0.3) is 0 Å². The number of nitrogens with zero attached hydrogens (tertiary/aromatic N) is 1. The van der Waals surface area contributed by atoms with Gasteiger partial charge in [0.05, 0.1) is 5.56 Å². The first-order valence-corrected chi connectivity index (χ1v) is 11.3. The van der Waals surface area contributed by atoms with E-state index in [2.05, 4.69) is 53.1 Å². The van der Waals surface area contributed by atoms with E-state index in [1.165, 1.54) is 23.6 Å². The predicted octanol–water partition coefficient (Wildman–Crippen LogP) is 3.18. The number of nitrogens with one attached hydrogen (secondary N) is 1. The fourth-order valence-electron chi connectivity index (χ4n) is 3.59. The molecule has 2 aliphatic heterocycles.